The number of benzene rings is 1. The van der Waals surface area contributed by atoms with Crippen LogP contribution in [0.15, 0.2) is 30.3 Å². The maximum absolute atomic E-state index is 13.3. The lowest BCUT2D eigenvalue weighted by Gasteiger charge is -2.45. The Bertz CT molecular complexity index is 652. The molecule has 2 aliphatic heterocycles. The zero-order valence-corrected chi connectivity index (χ0v) is 19.0. The third-order valence-electron chi connectivity index (χ3n) is 7.51. The molecular formula is C23H37NO2Si. The Hall–Kier alpha value is -0.973. The van der Waals surface area contributed by atoms with E-state index in [9.17, 15) is 4.79 Å². The summed E-state index contributed by atoms with van der Waals surface area (Å²) in [5.74, 6) is 0.887. The molecule has 27 heavy (non-hydrogen) atoms. The number of carbonyl (C=O) groups excluding carboxylic acids is 1. The quantitative estimate of drug-likeness (QED) is 0.649. The number of fused-ring (bicyclic) bond motifs is 2. The van der Waals surface area contributed by atoms with Crippen LogP contribution in [0, 0.1) is 11.8 Å². The van der Waals surface area contributed by atoms with E-state index in [4.69, 9.17) is 4.43 Å². The molecule has 0 unspecified atom stereocenters. The average Bonchev–Trinajstić information content (AvgIpc) is 2.84. The Morgan fingerprint density at radius 3 is 2.48 bits per heavy atom. The Balaban J connectivity index is 1.75. The second-order valence-corrected chi connectivity index (χ2v) is 15.0. The van der Waals surface area contributed by atoms with Gasteiger partial charge in [0.2, 0.25) is 0 Å². The predicted molar refractivity (Wildman–Crippen MR) is 114 cm³/mol. The Labute approximate surface area is 166 Å². The number of nitrogens with zero attached hydrogens (tertiary/aromatic N) is 1. The van der Waals surface area contributed by atoms with Gasteiger partial charge in [-0.05, 0) is 50.0 Å². The fraction of sp³-hybridized carbons (Fsp3) is 0.696. The van der Waals surface area contributed by atoms with Gasteiger partial charge in [-0.15, -0.1) is 0 Å². The van der Waals surface area contributed by atoms with Gasteiger partial charge in [0.05, 0.1) is 0 Å². The van der Waals surface area contributed by atoms with Crippen molar-refractivity contribution in [1.82, 2.24) is 4.90 Å². The van der Waals surface area contributed by atoms with Crippen molar-refractivity contribution in [2.45, 2.75) is 76.7 Å². The molecule has 3 nitrogen and oxygen atoms in total. The monoisotopic (exact) mass is 387 g/mol. The SMILES string of the molecule is CN1[C@H]2CC[C@@H]1[C@@H](CO[Si](C)(C)C(C)(C)C)[C@@H](C(=O)Cc1ccccc1)C2. The van der Waals surface area contributed by atoms with Gasteiger partial charge in [-0.2, -0.15) is 0 Å². The van der Waals surface area contributed by atoms with Crippen LogP contribution in [0.1, 0.15) is 45.6 Å². The van der Waals surface area contributed by atoms with Gasteiger partial charge < -0.3 is 9.33 Å². The maximum atomic E-state index is 13.3. The Morgan fingerprint density at radius 1 is 1.19 bits per heavy atom. The number of hydrogen-bond acceptors (Lipinski definition) is 3. The first kappa shape index (κ1) is 20.8. The van der Waals surface area contributed by atoms with Crippen molar-refractivity contribution in [3.05, 3.63) is 35.9 Å². The molecule has 150 valence electrons. The van der Waals surface area contributed by atoms with Gasteiger partial charge >= 0.3 is 0 Å². The first-order valence-electron chi connectivity index (χ1n) is 10.5. The minimum atomic E-state index is -1.81. The summed E-state index contributed by atoms with van der Waals surface area (Å²) in [4.78, 5) is 15.8. The highest BCUT2D eigenvalue weighted by atomic mass is 28.4. The van der Waals surface area contributed by atoms with E-state index >= 15 is 0 Å². The van der Waals surface area contributed by atoms with Gasteiger partial charge in [-0.3, -0.25) is 4.79 Å². The smallest absolute Gasteiger partial charge is 0.191 e. The van der Waals surface area contributed by atoms with Crippen LogP contribution in [-0.4, -0.2) is 44.7 Å². The minimum Gasteiger partial charge on any atom is -0.416 e. The summed E-state index contributed by atoms with van der Waals surface area (Å²) in [7, 11) is 0.442. The molecule has 0 spiro atoms. The van der Waals surface area contributed by atoms with Gasteiger partial charge in [0.15, 0.2) is 8.32 Å². The zero-order chi connectivity index (χ0) is 19.8. The molecule has 0 N–H and O–H groups in total. The zero-order valence-electron chi connectivity index (χ0n) is 18.0. The van der Waals surface area contributed by atoms with E-state index in [1.54, 1.807) is 0 Å². The molecular weight excluding hydrogens is 350 g/mol. The van der Waals surface area contributed by atoms with Gasteiger partial charge in [-0.1, -0.05) is 51.1 Å². The third-order valence-corrected chi connectivity index (χ3v) is 12.0. The summed E-state index contributed by atoms with van der Waals surface area (Å²) in [5, 5.41) is 0.204. The number of piperidine rings is 1. The van der Waals surface area contributed by atoms with Crippen LogP contribution in [0.25, 0.3) is 0 Å². The molecule has 1 aromatic rings. The highest BCUT2D eigenvalue weighted by Crippen LogP contribution is 2.44. The van der Waals surface area contributed by atoms with E-state index in [1.165, 1.54) is 12.8 Å². The molecule has 3 rings (SSSR count). The van der Waals surface area contributed by atoms with Crippen LogP contribution in [-0.2, 0) is 15.6 Å². The summed E-state index contributed by atoms with van der Waals surface area (Å²) >= 11 is 0. The van der Waals surface area contributed by atoms with Crippen molar-refractivity contribution in [1.29, 1.82) is 0 Å². The summed E-state index contributed by atoms with van der Waals surface area (Å²) < 4.78 is 6.62. The second kappa shape index (κ2) is 7.80. The topological polar surface area (TPSA) is 29.5 Å². The van der Waals surface area contributed by atoms with Gasteiger partial charge in [0, 0.05) is 36.9 Å². The largest absolute Gasteiger partial charge is 0.416 e. The lowest BCUT2D eigenvalue weighted by atomic mass is 9.77. The predicted octanol–water partition coefficient (Wildman–Crippen LogP) is 4.92. The van der Waals surface area contributed by atoms with Crippen molar-refractivity contribution < 1.29 is 9.22 Å². The first-order chi connectivity index (χ1) is 12.6. The molecule has 2 saturated heterocycles. The normalized spacial score (nSPS) is 29.1. The molecule has 1 aromatic carbocycles. The van der Waals surface area contributed by atoms with Crippen molar-refractivity contribution in [3.8, 4) is 0 Å². The van der Waals surface area contributed by atoms with Crippen molar-refractivity contribution in [2.24, 2.45) is 11.8 Å². The molecule has 0 aromatic heterocycles. The number of Topliss-reactive ketones (excluding diaryl/α,β-unsaturated/α-hetero) is 1. The van der Waals surface area contributed by atoms with Gasteiger partial charge in [0.25, 0.3) is 0 Å². The molecule has 0 radical (unpaired) electrons. The minimum absolute atomic E-state index is 0.142. The Morgan fingerprint density at radius 2 is 1.85 bits per heavy atom. The van der Waals surface area contributed by atoms with Crippen LogP contribution in [0.4, 0.5) is 0 Å². The molecule has 0 saturated carbocycles. The summed E-state index contributed by atoms with van der Waals surface area (Å²) in [6.07, 6.45) is 4.00. The maximum Gasteiger partial charge on any atom is 0.191 e. The van der Waals surface area contributed by atoms with E-state index < -0.39 is 8.32 Å². The summed E-state index contributed by atoms with van der Waals surface area (Å²) in [5.41, 5.74) is 1.14. The van der Waals surface area contributed by atoms with Gasteiger partial charge in [0.1, 0.15) is 5.78 Å². The standard InChI is InChI=1S/C23H37NO2Si/c1-23(2,3)27(5,6)26-16-20-19(15-18-12-13-21(20)24(18)4)22(25)14-17-10-8-7-9-11-17/h7-11,18-21H,12-16H2,1-6H3/t18-,19-,20-,21+/m0/s1. The number of ketones is 1. The van der Waals surface area contributed by atoms with Crippen LogP contribution in [0.3, 0.4) is 0 Å². The van der Waals surface area contributed by atoms with E-state index in [-0.39, 0.29) is 11.0 Å². The molecule has 2 heterocycles. The molecule has 0 aliphatic carbocycles. The third kappa shape index (κ3) is 4.38. The van der Waals surface area contributed by atoms with E-state index in [1.807, 2.05) is 18.2 Å². The number of carbonyl (C=O) groups is 1. The molecule has 2 aliphatic rings. The van der Waals surface area contributed by atoms with Crippen molar-refractivity contribution in [2.75, 3.05) is 13.7 Å². The van der Waals surface area contributed by atoms with E-state index in [0.29, 0.717) is 30.2 Å². The molecule has 4 atom stereocenters. The second-order valence-electron chi connectivity index (χ2n) is 10.2. The highest BCUT2D eigenvalue weighted by Gasteiger charge is 2.48. The lowest BCUT2D eigenvalue weighted by Crippen LogP contribution is -2.52. The van der Waals surface area contributed by atoms with Crippen LogP contribution in [0.5, 0.6) is 0 Å². The van der Waals surface area contributed by atoms with Gasteiger partial charge in [-0.25, -0.2) is 0 Å². The van der Waals surface area contributed by atoms with Crippen LogP contribution < -0.4 is 0 Å². The fourth-order valence-corrected chi connectivity index (χ4v) is 5.67. The number of hydrogen-bond donors (Lipinski definition) is 0. The highest BCUT2D eigenvalue weighted by molar-refractivity contribution is 6.74. The lowest BCUT2D eigenvalue weighted by molar-refractivity contribution is -0.128. The summed E-state index contributed by atoms with van der Waals surface area (Å²) in [6, 6.07) is 11.3. The summed E-state index contributed by atoms with van der Waals surface area (Å²) in [6.45, 7) is 12.2. The number of rotatable bonds is 6. The molecule has 0 amide bonds. The Kier molecular flexibility index (Phi) is 6.00. The van der Waals surface area contributed by atoms with E-state index in [2.05, 4.69) is 57.9 Å². The van der Waals surface area contributed by atoms with Crippen molar-refractivity contribution >= 4 is 14.1 Å². The average molecular weight is 388 g/mol. The van der Waals surface area contributed by atoms with Crippen LogP contribution in [0.2, 0.25) is 18.1 Å². The fourth-order valence-electron chi connectivity index (χ4n) is 4.62. The molecule has 2 bridgehead atoms. The molecule has 4 heteroatoms. The first-order valence-corrected chi connectivity index (χ1v) is 13.4. The van der Waals surface area contributed by atoms with E-state index in [0.717, 1.165) is 18.6 Å². The van der Waals surface area contributed by atoms with Crippen molar-refractivity contribution in [3.63, 3.8) is 0 Å². The molecule has 2 fully saturated rings. The van der Waals surface area contributed by atoms with Crippen LogP contribution >= 0.6 is 0 Å².